The summed E-state index contributed by atoms with van der Waals surface area (Å²) in [7, 11) is 1.66. The Morgan fingerprint density at radius 2 is 1.89 bits per heavy atom. The standard InChI is InChI=1S/C21H27N3O3/c1-14-18(20(26)24-15(2)23-14)12-19(25)22-13-21(10-4-5-11-21)16-6-8-17(27-3)9-7-16/h6-9H,4-5,10-13H2,1-3H3,(H,22,25)(H,23,24,26). The highest BCUT2D eigenvalue weighted by Crippen LogP contribution is 2.41. The van der Waals surface area contributed by atoms with Crippen LogP contribution < -0.4 is 15.6 Å². The lowest BCUT2D eigenvalue weighted by molar-refractivity contribution is -0.120. The van der Waals surface area contributed by atoms with Gasteiger partial charge in [0, 0.05) is 23.2 Å². The lowest BCUT2D eigenvalue weighted by atomic mass is 9.78. The van der Waals surface area contributed by atoms with Crippen LogP contribution in [0.1, 0.15) is 48.3 Å². The number of aromatic amines is 1. The molecular formula is C21H27N3O3. The minimum atomic E-state index is -0.235. The smallest absolute Gasteiger partial charge is 0.254 e. The fraction of sp³-hybridized carbons (Fsp3) is 0.476. The number of aryl methyl sites for hydroxylation is 2. The Bertz CT molecular complexity index is 865. The van der Waals surface area contributed by atoms with E-state index in [2.05, 4.69) is 27.4 Å². The van der Waals surface area contributed by atoms with Crippen molar-refractivity contribution in [2.45, 2.75) is 51.4 Å². The average molecular weight is 369 g/mol. The third kappa shape index (κ3) is 4.21. The molecule has 144 valence electrons. The number of ether oxygens (including phenoxy) is 1. The quantitative estimate of drug-likeness (QED) is 0.820. The highest BCUT2D eigenvalue weighted by atomic mass is 16.5. The lowest BCUT2D eigenvalue weighted by Crippen LogP contribution is -2.40. The van der Waals surface area contributed by atoms with Gasteiger partial charge in [0.2, 0.25) is 5.91 Å². The van der Waals surface area contributed by atoms with Crippen LogP contribution in [0.15, 0.2) is 29.1 Å². The fourth-order valence-electron chi connectivity index (χ4n) is 4.01. The molecule has 0 aliphatic heterocycles. The number of aromatic nitrogens is 2. The topological polar surface area (TPSA) is 84.1 Å². The summed E-state index contributed by atoms with van der Waals surface area (Å²) < 4.78 is 5.25. The van der Waals surface area contributed by atoms with Gasteiger partial charge in [0.15, 0.2) is 0 Å². The Kier molecular flexibility index (Phi) is 5.63. The zero-order valence-corrected chi connectivity index (χ0v) is 16.2. The first-order valence-electron chi connectivity index (χ1n) is 9.41. The van der Waals surface area contributed by atoms with Crippen molar-refractivity contribution in [1.82, 2.24) is 15.3 Å². The second kappa shape index (κ2) is 7.94. The molecule has 6 nitrogen and oxygen atoms in total. The molecular weight excluding hydrogens is 342 g/mol. The van der Waals surface area contributed by atoms with Crippen LogP contribution in [0.5, 0.6) is 5.75 Å². The van der Waals surface area contributed by atoms with E-state index < -0.39 is 0 Å². The third-order valence-corrected chi connectivity index (χ3v) is 5.56. The number of nitrogens with zero attached hydrogens (tertiary/aromatic N) is 1. The molecule has 1 saturated carbocycles. The molecule has 2 aromatic rings. The summed E-state index contributed by atoms with van der Waals surface area (Å²) >= 11 is 0. The second-order valence-corrected chi connectivity index (χ2v) is 7.38. The van der Waals surface area contributed by atoms with Crippen LogP contribution in [0.25, 0.3) is 0 Å². The number of nitrogens with one attached hydrogen (secondary N) is 2. The zero-order chi connectivity index (χ0) is 19.4. The zero-order valence-electron chi connectivity index (χ0n) is 16.2. The Morgan fingerprint density at radius 1 is 1.22 bits per heavy atom. The molecule has 0 saturated heterocycles. The summed E-state index contributed by atoms with van der Waals surface area (Å²) in [5.41, 5.74) is 1.99. The molecule has 1 heterocycles. The van der Waals surface area contributed by atoms with Crippen LogP contribution in [0.2, 0.25) is 0 Å². The number of methoxy groups -OCH3 is 1. The highest BCUT2D eigenvalue weighted by molar-refractivity contribution is 5.78. The number of amides is 1. The summed E-state index contributed by atoms with van der Waals surface area (Å²) in [6.07, 6.45) is 4.45. The third-order valence-electron chi connectivity index (χ3n) is 5.56. The predicted octanol–water partition coefficient (Wildman–Crippen LogP) is 2.57. The molecule has 0 bridgehead atoms. The maximum absolute atomic E-state index is 12.5. The minimum Gasteiger partial charge on any atom is -0.497 e. The van der Waals surface area contributed by atoms with E-state index in [1.54, 1.807) is 21.0 Å². The normalized spacial score (nSPS) is 15.5. The van der Waals surface area contributed by atoms with E-state index in [0.29, 0.717) is 23.6 Å². The number of carbonyl (C=O) groups excluding carboxylic acids is 1. The van der Waals surface area contributed by atoms with E-state index in [-0.39, 0.29) is 23.3 Å². The van der Waals surface area contributed by atoms with E-state index >= 15 is 0 Å². The van der Waals surface area contributed by atoms with Crippen molar-refractivity contribution in [1.29, 1.82) is 0 Å². The first kappa shape index (κ1) is 19.1. The van der Waals surface area contributed by atoms with Crippen LogP contribution in [-0.2, 0) is 16.6 Å². The number of hydrogen-bond acceptors (Lipinski definition) is 4. The van der Waals surface area contributed by atoms with Crippen molar-refractivity contribution < 1.29 is 9.53 Å². The van der Waals surface area contributed by atoms with E-state index in [4.69, 9.17) is 4.74 Å². The van der Waals surface area contributed by atoms with Crippen molar-refractivity contribution in [3.8, 4) is 5.75 Å². The van der Waals surface area contributed by atoms with Gasteiger partial charge < -0.3 is 15.0 Å². The lowest BCUT2D eigenvalue weighted by Gasteiger charge is -2.30. The van der Waals surface area contributed by atoms with E-state index in [1.807, 2.05) is 12.1 Å². The summed E-state index contributed by atoms with van der Waals surface area (Å²) in [6, 6.07) is 8.13. The molecule has 1 aliphatic rings. The highest BCUT2D eigenvalue weighted by Gasteiger charge is 2.36. The first-order valence-corrected chi connectivity index (χ1v) is 9.41. The van der Waals surface area contributed by atoms with Gasteiger partial charge in [-0.3, -0.25) is 9.59 Å². The van der Waals surface area contributed by atoms with Crippen molar-refractivity contribution in [2.24, 2.45) is 0 Å². The van der Waals surface area contributed by atoms with Gasteiger partial charge in [0.25, 0.3) is 5.56 Å². The minimum absolute atomic E-state index is 0.0467. The monoisotopic (exact) mass is 369 g/mol. The molecule has 1 amide bonds. The van der Waals surface area contributed by atoms with Crippen molar-refractivity contribution in [2.75, 3.05) is 13.7 Å². The molecule has 27 heavy (non-hydrogen) atoms. The average Bonchev–Trinajstić information content (AvgIpc) is 3.13. The Morgan fingerprint density at radius 3 is 2.48 bits per heavy atom. The number of H-pyrrole nitrogens is 1. The Balaban J connectivity index is 1.71. The number of benzene rings is 1. The molecule has 0 spiro atoms. The van der Waals surface area contributed by atoms with Gasteiger partial charge in [-0.1, -0.05) is 25.0 Å². The molecule has 2 N–H and O–H groups in total. The van der Waals surface area contributed by atoms with E-state index in [1.165, 1.54) is 5.56 Å². The van der Waals surface area contributed by atoms with Crippen LogP contribution in [0.4, 0.5) is 0 Å². The molecule has 1 aromatic heterocycles. The maximum atomic E-state index is 12.5. The molecule has 1 aromatic carbocycles. The van der Waals surface area contributed by atoms with Gasteiger partial charge in [-0.05, 0) is 44.4 Å². The van der Waals surface area contributed by atoms with E-state index in [9.17, 15) is 9.59 Å². The van der Waals surface area contributed by atoms with Crippen LogP contribution in [-0.4, -0.2) is 29.5 Å². The van der Waals surface area contributed by atoms with Crippen LogP contribution in [0, 0.1) is 13.8 Å². The Hall–Kier alpha value is -2.63. The van der Waals surface area contributed by atoms with Gasteiger partial charge in [0.1, 0.15) is 11.6 Å². The molecule has 0 unspecified atom stereocenters. The van der Waals surface area contributed by atoms with Gasteiger partial charge in [-0.25, -0.2) is 4.98 Å². The van der Waals surface area contributed by atoms with Crippen molar-refractivity contribution in [3.05, 3.63) is 57.3 Å². The van der Waals surface area contributed by atoms with Gasteiger partial charge in [-0.2, -0.15) is 0 Å². The molecule has 6 heteroatoms. The fourth-order valence-corrected chi connectivity index (χ4v) is 4.01. The van der Waals surface area contributed by atoms with Crippen LogP contribution >= 0.6 is 0 Å². The Labute approximate surface area is 159 Å². The second-order valence-electron chi connectivity index (χ2n) is 7.38. The predicted molar refractivity (Wildman–Crippen MR) is 104 cm³/mol. The SMILES string of the molecule is COc1ccc(C2(CNC(=O)Cc3c(C)nc(C)[nH]c3=O)CCCC2)cc1. The molecule has 0 atom stereocenters. The molecule has 1 fully saturated rings. The van der Waals surface area contributed by atoms with Crippen molar-refractivity contribution in [3.63, 3.8) is 0 Å². The number of hydrogen-bond donors (Lipinski definition) is 2. The van der Waals surface area contributed by atoms with Gasteiger partial charge in [0.05, 0.1) is 13.5 Å². The number of rotatable bonds is 6. The molecule has 0 radical (unpaired) electrons. The molecule has 3 rings (SSSR count). The van der Waals surface area contributed by atoms with Crippen molar-refractivity contribution >= 4 is 5.91 Å². The number of carbonyl (C=O) groups is 1. The van der Waals surface area contributed by atoms with Crippen LogP contribution in [0.3, 0.4) is 0 Å². The van der Waals surface area contributed by atoms with Gasteiger partial charge in [-0.15, -0.1) is 0 Å². The summed E-state index contributed by atoms with van der Waals surface area (Å²) in [4.78, 5) is 31.6. The van der Waals surface area contributed by atoms with E-state index in [0.717, 1.165) is 31.4 Å². The maximum Gasteiger partial charge on any atom is 0.254 e. The molecule has 1 aliphatic carbocycles. The van der Waals surface area contributed by atoms with Gasteiger partial charge >= 0.3 is 0 Å². The largest absolute Gasteiger partial charge is 0.497 e. The summed E-state index contributed by atoms with van der Waals surface area (Å²) in [5.74, 6) is 1.25. The first-order chi connectivity index (χ1) is 12.9. The summed E-state index contributed by atoms with van der Waals surface area (Å²) in [6.45, 7) is 4.08. The summed E-state index contributed by atoms with van der Waals surface area (Å²) in [5, 5.41) is 3.06.